The van der Waals surface area contributed by atoms with Crippen LogP contribution in [0.1, 0.15) is 48.8 Å². The van der Waals surface area contributed by atoms with E-state index in [0.717, 1.165) is 12.1 Å². The molecule has 0 aliphatic carbocycles. The summed E-state index contributed by atoms with van der Waals surface area (Å²) in [4.78, 5) is 31.3. The first kappa shape index (κ1) is 17.1. The van der Waals surface area contributed by atoms with Gasteiger partial charge in [0, 0.05) is 18.4 Å². The Labute approximate surface area is 148 Å². The summed E-state index contributed by atoms with van der Waals surface area (Å²) >= 11 is 0. The third-order valence-corrected chi connectivity index (χ3v) is 4.37. The van der Waals surface area contributed by atoms with Gasteiger partial charge in [-0.3, -0.25) is 19.5 Å². The first-order valence-electron chi connectivity index (χ1n) is 8.68. The Morgan fingerprint density at radius 2 is 1.96 bits per heavy atom. The number of carbonyl (C=O) groups is 2. The highest BCUT2D eigenvalue weighted by molar-refractivity contribution is 6.11. The zero-order valence-corrected chi connectivity index (χ0v) is 14.6. The van der Waals surface area contributed by atoms with E-state index >= 15 is 0 Å². The fraction of sp³-hybridized carbons (Fsp3) is 0.350. The van der Waals surface area contributed by atoms with Crippen molar-refractivity contribution in [2.75, 3.05) is 11.4 Å². The maximum Gasteiger partial charge on any atom is 0.260 e. The lowest BCUT2D eigenvalue weighted by Crippen LogP contribution is -2.33. The average molecular weight is 337 g/mol. The number of hydrogen-bond acceptors (Lipinski definition) is 3. The first-order chi connectivity index (χ1) is 12.1. The molecule has 0 radical (unpaired) electrons. The molecule has 2 heterocycles. The molecule has 5 nitrogen and oxygen atoms in total. The highest BCUT2D eigenvalue weighted by atomic mass is 16.2. The molecule has 0 saturated carbocycles. The van der Waals surface area contributed by atoms with Crippen molar-refractivity contribution < 1.29 is 9.59 Å². The molecule has 25 heavy (non-hydrogen) atoms. The molecule has 1 N–H and O–H groups in total. The van der Waals surface area contributed by atoms with Crippen molar-refractivity contribution in [3.8, 4) is 0 Å². The van der Waals surface area contributed by atoms with E-state index in [2.05, 4.69) is 24.1 Å². The van der Waals surface area contributed by atoms with Crippen LogP contribution in [0.15, 0.2) is 48.7 Å². The van der Waals surface area contributed by atoms with Crippen LogP contribution in [-0.2, 0) is 4.79 Å². The van der Waals surface area contributed by atoms with Gasteiger partial charge in [0.25, 0.3) is 5.91 Å². The molecule has 1 atom stereocenters. The second-order valence-electron chi connectivity index (χ2n) is 6.70. The van der Waals surface area contributed by atoms with E-state index < -0.39 is 0 Å². The summed E-state index contributed by atoms with van der Waals surface area (Å²) in [7, 11) is 0. The maximum absolute atomic E-state index is 12.8. The third-order valence-electron chi connectivity index (χ3n) is 4.37. The molecule has 130 valence electrons. The van der Waals surface area contributed by atoms with Gasteiger partial charge in [-0.15, -0.1) is 0 Å². The summed E-state index contributed by atoms with van der Waals surface area (Å²) in [5, 5.41) is 2.95. The minimum Gasteiger partial charge on any atom is -0.356 e. The van der Waals surface area contributed by atoms with Crippen LogP contribution in [0.2, 0.25) is 0 Å². The van der Waals surface area contributed by atoms with Crippen LogP contribution in [0.4, 0.5) is 5.69 Å². The molecule has 1 aliphatic heterocycles. The summed E-state index contributed by atoms with van der Waals surface area (Å²) < 4.78 is 0. The van der Waals surface area contributed by atoms with Gasteiger partial charge in [-0.1, -0.05) is 32.0 Å². The van der Waals surface area contributed by atoms with E-state index in [0.29, 0.717) is 23.7 Å². The van der Waals surface area contributed by atoms with Gasteiger partial charge in [0.2, 0.25) is 5.91 Å². The van der Waals surface area contributed by atoms with Crippen molar-refractivity contribution in [3.63, 3.8) is 0 Å². The second kappa shape index (κ2) is 7.47. The average Bonchev–Trinajstić information content (AvgIpc) is 2.88. The molecule has 1 aromatic heterocycles. The van der Waals surface area contributed by atoms with Crippen LogP contribution >= 0.6 is 0 Å². The number of anilines is 1. The van der Waals surface area contributed by atoms with Gasteiger partial charge in [-0.05, 0) is 36.6 Å². The van der Waals surface area contributed by atoms with Crippen LogP contribution < -0.4 is 10.2 Å². The van der Waals surface area contributed by atoms with Crippen molar-refractivity contribution in [1.29, 1.82) is 0 Å². The predicted molar refractivity (Wildman–Crippen MR) is 97.3 cm³/mol. The number of hydrogen-bond donors (Lipinski definition) is 1. The van der Waals surface area contributed by atoms with Crippen molar-refractivity contribution in [2.45, 2.75) is 32.7 Å². The monoisotopic (exact) mass is 337 g/mol. The van der Waals surface area contributed by atoms with Gasteiger partial charge < -0.3 is 5.32 Å². The molecule has 0 saturated heterocycles. The van der Waals surface area contributed by atoms with Crippen LogP contribution in [0.5, 0.6) is 0 Å². The molecule has 5 heteroatoms. The Morgan fingerprint density at radius 1 is 1.20 bits per heavy atom. The summed E-state index contributed by atoms with van der Waals surface area (Å²) in [6.45, 7) is 4.90. The Kier molecular flexibility index (Phi) is 5.12. The standard InChI is InChI=1S/C20H23N3O2/c1-14(2)10-12-21-18(24)13-17-19-16(9-6-11-22-19)20(25)23(17)15-7-4-3-5-8-15/h3-9,11,14,17H,10,12-13H2,1-2H3,(H,21,24)/t17-/m1/s1. The minimum atomic E-state index is -0.370. The number of aromatic nitrogens is 1. The largest absolute Gasteiger partial charge is 0.356 e. The number of benzene rings is 1. The normalized spacial score (nSPS) is 16.2. The van der Waals surface area contributed by atoms with Crippen LogP contribution in [0.3, 0.4) is 0 Å². The molecule has 0 spiro atoms. The molecule has 1 aliphatic rings. The molecular weight excluding hydrogens is 314 g/mol. The number of carbonyl (C=O) groups excluding carboxylic acids is 2. The maximum atomic E-state index is 12.8. The zero-order valence-electron chi connectivity index (χ0n) is 14.6. The van der Waals surface area contributed by atoms with E-state index in [-0.39, 0.29) is 24.3 Å². The molecule has 0 unspecified atom stereocenters. The van der Waals surface area contributed by atoms with Gasteiger partial charge in [-0.25, -0.2) is 0 Å². The number of para-hydroxylation sites is 1. The molecule has 2 amide bonds. The quantitative estimate of drug-likeness (QED) is 0.879. The lowest BCUT2D eigenvalue weighted by Gasteiger charge is -2.24. The Balaban J connectivity index is 1.83. The smallest absolute Gasteiger partial charge is 0.260 e. The highest BCUT2D eigenvalue weighted by Crippen LogP contribution is 2.37. The molecular formula is C20H23N3O2. The number of pyridine rings is 1. The van der Waals surface area contributed by atoms with E-state index in [1.807, 2.05) is 30.3 Å². The Hall–Kier alpha value is -2.69. The SMILES string of the molecule is CC(C)CCNC(=O)C[C@@H]1c2ncccc2C(=O)N1c1ccccc1. The van der Waals surface area contributed by atoms with Gasteiger partial charge in [-0.2, -0.15) is 0 Å². The number of rotatable bonds is 6. The molecule has 0 fully saturated rings. The highest BCUT2D eigenvalue weighted by Gasteiger charge is 2.39. The van der Waals surface area contributed by atoms with Crippen LogP contribution in [0.25, 0.3) is 0 Å². The first-order valence-corrected chi connectivity index (χ1v) is 8.68. The van der Waals surface area contributed by atoms with Gasteiger partial charge in [0.15, 0.2) is 0 Å². The Morgan fingerprint density at radius 3 is 2.68 bits per heavy atom. The van der Waals surface area contributed by atoms with Crippen molar-refractivity contribution in [3.05, 3.63) is 59.9 Å². The molecule has 3 rings (SSSR count). The molecule has 1 aromatic carbocycles. The van der Waals surface area contributed by atoms with Crippen molar-refractivity contribution in [2.24, 2.45) is 5.92 Å². The van der Waals surface area contributed by atoms with Crippen LogP contribution in [0, 0.1) is 5.92 Å². The topological polar surface area (TPSA) is 62.3 Å². The Bertz CT molecular complexity index is 759. The summed E-state index contributed by atoms with van der Waals surface area (Å²) in [6.07, 6.45) is 2.82. The van der Waals surface area contributed by atoms with Gasteiger partial charge in [0.1, 0.15) is 0 Å². The lowest BCUT2D eigenvalue weighted by atomic mass is 10.1. The van der Waals surface area contributed by atoms with Gasteiger partial charge in [0.05, 0.1) is 23.7 Å². The summed E-state index contributed by atoms with van der Waals surface area (Å²) in [6, 6.07) is 12.6. The molecule has 2 aromatic rings. The minimum absolute atomic E-state index is 0.0575. The van der Waals surface area contributed by atoms with Gasteiger partial charge >= 0.3 is 0 Å². The van der Waals surface area contributed by atoms with E-state index in [9.17, 15) is 9.59 Å². The predicted octanol–water partition coefficient (Wildman–Crippen LogP) is 3.34. The second-order valence-corrected chi connectivity index (χ2v) is 6.70. The zero-order chi connectivity index (χ0) is 17.8. The molecule has 0 bridgehead atoms. The fourth-order valence-corrected chi connectivity index (χ4v) is 3.08. The summed E-state index contributed by atoms with van der Waals surface area (Å²) in [5.74, 6) is 0.378. The fourth-order valence-electron chi connectivity index (χ4n) is 3.08. The van der Waals surface area contributed by atoms with Crippen LogP contribution in [-0.4, -0.2) is 23.3 Å². The number of nitrogens with one attached hydrogen (secondary N) is 1. The van der Waals surface area contributed by atoms with E-state index in [4.69, 9.17) is 0 Å². The van der Waals surface area contributed by atoms with Crippen molar-refractivity contribution >= 4 is 17.5 Å². The third kappa shape index (κ3) is 3.71. The number of fused-ring (bicyclic) bond motifs is 1. The number of nitrogens with zero attached hydrogens (tertiary/aromatic N) is 2. The van der Waals surface area contributed by atoms with E-state index in [1.54, 1.807) is 23.2 Å². The number of amides is 2. The van der Waals surface area contributed by atoms with Crippen molar-refractivity contribution in [1.82, 2.24) is 10.3 Å². The lowest BCUT2D eigenvalue weighted by molar-refractivity contribution is -0.121. The van der Waals surface area contributed by atoms with E-state index in [1.165, 1.54) is 0 Å². The summed E-state index contributed by atoms with van der Waals surface area (Å²) in [5.41, 5.74) is 2.03.